The molecule has 2 saturated carbocycles. The van der Waals surface area contributed by atoms with Crippen LogP contribution in [0.4, 0.5) is 0 Å². The first-order chi connectivity index (χ1) is 10.8. The van der Waals surface area contributed by atoms with E-state index < -0.39 is 0 Å². The molecule has 3 rings (SSSR count). The quantitative estimate of drug-likeness (QED) is 0.782. The van der Waals surface area contributed by atoms with E-state index >= 15 is 0 Å². The molecule has 0 radical (unpaired) electrons. The normalized spacial score (nSPS) is 32.8. The molecule has 0 bridgehead atoms. The monoisotopic (exact) mass is 300 g/mol. The molecular formula is C21H32O. The smallest absolute Gasteiger partial charge is 0.0540 e. The summed E-state index contributed by atoms with van der Waals surface area (Å²) in [7, 11) is 0. The average molecular weight is 300 g/mol. The van der Waals surface area contributed by atoms with Gasteiger partial charge in [-0.25, -0.2) is 0 Å². The maximum atomic E-state index is 9.68. The van der Waals surface area contributed by atoms with Crippen LogP contribution in [0.1, 0.15) is 81.8 Å². The lowest BCUT2D eigenvalue weighted by Crippen LogP contribution is -2.27. The van der Waals surface area contributed by atoms with Crippen molar-refractivity contribution >= 4 is 0 Å². The zero-order valence-corrected chi connectivity index (χ0v) is 14.1. The molecule has 1 aromatic rings. The second-order valence-electron chi connectivity index (χ2n) is 7.67. The summed E-state index contributed by atoms with van der Waals surface area (Å²) in [6.45, 7) is 2.25. The van der Waals surface area contributed by atoms with Crippen LogP contribution in [0.15, 0.2) is 24.3 Å². The third-order valence-electron chi connectivity index (χ3n) is 6.17. The van der Waals surface area contributed by atoms with Crippen LogP contribution in [0.3, 0.4) is 0 Å². The number of rotatable bonds is 4. The van der Waals surface area contributed by atoms with Crippen molar-refractivity contribution in [2.24, 2.45) is 11.8 Å². The molecule has 1 N–H and O–H groups in total. The molecule has 2 aliphatic rings. The summed E-state index contributed by atoms with van der Waals surface area (Å²) in [4.78, 5) is 0. The zero-order valence-electron chi connectivity index (χ0n) is 14.1. The molecule has 0 aromatic heterocycles. The number of benzene rings is 1. The fourth-order valence-electron chi connectivity index (χ4n) is 4.74. The van der Waals surface area contributed by atoms with E-state index in [2.05, 4.69) is 31.2 Å². The highest BCUT2D eigenvalue weighted by Crippen LogP contribution is 2.42. The van der Waals surface area contributed by atoms with Crippen molar-refractivity contribution in [3.8, 4) is 0 Å². The van der Waals surface area contributed by atoms with E-state index in [1.807, 2.05) is 0 Å². The Kier molecular flexibility index (Phi) is 5.57. The van der Waals surface area contributed by atoms with Crippen LogP contribution in [-0.2, 0) is 6.42 Å². The lowest BCUT2D eigenvalue weighted by Gasteiger charge is -2.37. The SMILES string of the molecule is CCCc1ccc(C2CCC(C3CCC(O)CC3)CC2)cc1. The maximum absolute atomic E-state index is 9.68. The molecule has 0 atom stereocenters. The van der Waals surface area contributed by atoms with Gasteiger partial charge in [-0.3, -0.25) is 0 Å². The van der Waals surface area contributed by atoms with E-state index in [-0.39, 0.29) is 6.10 Å². The number of hydrogen-bond donors (Lipinski definition) is 1. The maximum Gasteiger partial charge on any atom is 0.0540 e. The van der Waals surface area contributed by atoms with Gasteiger partial charge in [0.15, 0.2) is 0 Å². The second kappa shape index (κ2) is 7.64. The van der Waals surface area contributed by atoms with Crippen molar-refractivity contribution in [2.75, 3.05) is 0 Å². The molecule has 0 heterocycles. The van der Waals surface area contributed by atoms with Crippen LogP contribution in [0.2, 0.25) is 0 Å². The molecule has 0 aliphatic heterocycles. The molecule has 1 aromatic carbocycles. The lowest BCUT2D eigenvalue weighted by molar-refractivity contribution is 0.0805. The van der Waals surface area contributed by atoms with Gasteiger partial charge < -0.3 is 5.11 Å². The predicted octanol–water partition coefficient (Wildman–Crippen LogP) is 5.46. The first kappa shape index (κ1) is 16.1. The number of aliphatic hydroxyl groups excluding tert-OH is 1. The van der Waals surface area contributed by atoms with Crippen molar-refractivity contribution < 1.29 is 5.11 Å². The lowest BCUT2D eigenvalue weighted by atomic mass is 9.69. The molecule has 2 fully saturated rings. The third kappa shape index (κ3) is 3.93. The average Bonchev–Trinajstić information content (AvgIpc) is 2.57. The summed E-state index contributed by atoms with van der Waals surface area (Å²) in [6.07, 6.45) is 12.6. The van der Waals surface area contributed by atoms with Gasteiger partial charge in [0.1, 0.15) is 0 Å². The van der Waals surface area contributed by atoms with Crippen LogP contribution in [0.25, 0.3) is 0 Å². The predicted molar refractivity (Wildman–Crippen MR) is 93.1 cm³/mol. The molecule has 0 spiro atoms. The van der Waals surface area contributed by atoms with E-state index in [1.54, 1.807) is 5.56 Å². The molecule has 2 aliphatic carbocycles. The van der Waals surface area contributed by atoms with Crippen LogP contribution >= 0.6 is 0 Å². The Hall–Kier alpha value is -0.820. The van der Waals surface area contributed by atoms with Crippen LogP contribution < -0.4 is 0 Å². The van der Waals surface area contributed by atoms with Gasteiger partial charge in [-0.2, -0.15) is 0 Å². The minimum Gasteiger partial charge on any atom is -0.393 e. The standard InChI is InChI=1S/C21H32O/c1-2-3-16-4-6-17(7-5-16)18-8-10-19(11-9-18)20-12-14-21(22)15-13-20/h4-7,18-22H,2-3,8-15H2,1H3. The van der Waals surface area contributed by atoms with E-state index in [9.17, 15) is 5.11 Å². The Morgan fingerprint density at radius 2 is 1.36 bits per heavy atom. The Balaban J connectivity index is 1.50. The van der Waals surface area contributed by atoms with Gasteiger partial charge in [0.25, 0.3) is 0 Å². The highest BCUT2D eigenvalue weighted by atomic mass is 16.3. The first-order valence-corrected chi connectivity index (χ1v) is 9.53. The summed E-state index contributed by atoms with van der Waals surface area (Å²) in [5.41, 5.74) is 3.05. The molecule has 1 nitrogen and oxygen atoms in total. The highest BCUT2D eigenvalue weighted by molar-refractivity contribution is 5.25. The van der Waals surface area contributed by atoms with Gasteiger partial charge in [0.2, 0.25) is 0 Å². The van der Waals surface area contributed by atoms with Crippen molar-refractivity contribution in [1.82, 2.24) is 0 Å². The Bertz CT molecular complexity index is 433. The van der Waals surface area contributed by atoms with Crippen molar-refractivity contribution in [3.05, 3.63) is 35.4 Å². The van der Waals surface area contributed by atoms with Gasteiger partial charge in [-0.05, 0) is 86.7 Å². The number of hydrogen-bond acceptors (Lipinski definition) is 1. The molecule has 122 valence electrons. The first-order valence-electron chi connectivity index (χ1n) is 9.53. The number of aryl methyl sites for hydroxylation is 1. The zero-order chi connectivity index (χ0) is 15.4. The largest absolute Gasteiger partial charge is 0.393 e. The second-order valence-corrected chi connectivity index (χ2v) is 7.67. The Morgan fingerprint density at radius 1 is 0.818 bits per heavy atom. The minimum atomic E-state index is -0.00535. The summed E-state index contributed by atoms with van der Waals surface area (Å²) >= 11 is 0. The molecular weight excluding hydrogens is 268 g/mol. The van der Waals surface area contributed by atoms with Gasteiger partial charge in [-0.1, -0.05) is 37.6 Å². The van der Waals surface area contributed by atoms with Crippen LogP contribution in [-0.4, -0.2) is 11.2 Å². The molecule has 22 heavy (non-hydrogen) atoms. The highest BCUT2D eigenvalue weighted by Gasteiger charge is 2.30. The van der Waals surface area contributed by atoms with Crippen LogP contribution in [0, 0.1) is 11.8 Å². The molecule has 0 saturated heterocycles. The number of aliphatic hydroxyl groups is 1. The topological polar surface area (TPSA) is 20.2 Å². The van der Waals surface area contributed by atoms with Crippen LogP contribution in [0.5, 0.6) is 0 Å². The Morgan fingerprint density at radius 3 is 1.91 bits per heavy atom. The van der Waals surface area contributed by atoms with Gasteiger partial charge in [0.05, 0.1) is 6.10 Å². The molecule has 1 heteroatoms. The van der Waals surface area contributed by atoms with Gasteiger partial charge >= 0.3 is 0 Å². The van der Waals surface area contributed by atoms with E-state index in [0.717, 1.165) is 30.6 Å². The fourth-order valence-corrected chi connectivity index (χ4v) is 4.74. The van der Waals surface area contributed by atoms with Crippen molar-refractivity contribution in [1.29, 1.82) is 0 Å². The van der Waals surface area contributed by atoms with E-state index in [1.165, 1.54) is 56.9 Å². The van der Waals surface area contributed by atoms with Gasteiger partial charge in [0, 0.05) is 0 Å². The molecule has 0 unspecified atom stereocenters. The Labute approximate surface area is 136 Å². The van der Waals surface area contributed by atoms with E-state index in [0.29, 0.717) is 0 Å². The summed E-state index contributed by atoms with van der Waals surface area (Å²) < 4.78 is 0. The summed E-state index contributed by atoms with van der Waals surface area (Å²) in [5.74, 6) is 2.63. The van der Waals surface area contributed by atoms with Gasteiger partial charge in [-0.15, -0.1) is 0 Å². The van der Waals surface area contributed by atoms with Crippen molar-refractivity contribution in [3.63, 3.8) is 0 Å². The van der Waals surface area contributed by atoms with E-state index in [4.69, 9.17) is 0 Å². The minimum absolute atomic E-state index is 0.00535. The van der Waals surface area contributed by atoms with Crippen molar-refractivity contribution in [2.45, 2.75) is 83.2 Å². The molecule has 0 amide bonds. The summed E-state index contributed by atoms with van der Waals surface area (Å²) in [6, 6.07) is 9.45. The fraction of sp³-hybridized carbons (Fsp3) is 0.714. The third-order valence-corrected chi connectivity index (χ3v) is 6.17. The summed E-state index contributed by atoms with van der Waals surface area (Å²) in [5, 5.41) is 9.68.